The van der Waals surface area contributed by atoms with Gasteiger partial charge in [0.15, 0.2) is 0 Å². The molecule has 3 aromatic rings. The maximum absolute atomic E-state index is 12.8. The molecule has 3 N–H and O–H groups in total. The molecule has 0 saturated carbocycles. The van der Waals surface area contributed by atoms with Crippen LogP contribution in [-0.2, 0) is 4.79 Å². The third kappa shape index (κ3) is 2.64. The van der Waals surface area contributed by atoms with Gasteiger partial charge in [0.05, 0.1) is 15.4 Å². The van der Waals surface area contributed by atoms with E-state index in [1.165, 1.54) is 18.3 Å². The molecule has 24 heavy (non-hydrogen) atoms. The van der Waals surface area contributed by atoms with Gasteiger partial charge in [0.25, 0.3) is 5.56 Å². The molecule has 0 aliphatic heterocycles. The van der Waals surface area contributed by atoms with Gasteiger partial charge in [0.2, 0.25) is 5.91 Å². The Kier molecular flexibility index (Phi) is 4.25. The Morgan fingerprint density at radius 2 is 2.00 bits per heavy atom. The van der Waals surface area contributed by atoms with Gasteiger partial charge in [-0.2, -0.15) is 0 Å². The van der Waals surface area contributed by atoms with Crippen LogP contribution in [0.25, 0.3) is 21.3 Å². The zero-order chi connectivity index (χ0) is 17.6. The molecule has 6 nitrogen and oxygen atoms in total. The van der Waals surface area contributed by atoms with Crippen molar-refractivity contribution in [1.82, 2.24) is 9.55 Å². The van der Waals surface area contributed by atoms with Crippen molar-refractivity contribution in [1.29, 1.82) is 0 Å². The largest absolute Gasteiger partial charge is 0.368 e. The number of amides is 1. The lowest BCUT2D eigenvalue weighted by Gasteiger charge is -2.10. The van der Waals surface area contributed by atoms with E-state index in [-0.39, 0.29) is 0 Å². The topological polar surface area (TPSA) is 97.9 Å². The zero-order valence-electron chi connectivity index (χ0n) is 12.3. The van der Waals surface area contributed by atoms with Crippen LogP contribution in [0.15, 0.2) is 33.2 Å². The average molecular weight is 384 g/mol. The first kappa shape index (κ1) is 16.8. The second kappa shape index (κ2) is 6.08. The molecule has 0 spiro atoms. The Morgan fingerprint density at radius 1 is 1.29 bits per heavy atom. The molecule has 0 aliphatic carbocycles. The van der Waals surface area contributed by atoms with Crippen molar-refractivity contribution in [2.75, 3.05) is 0 Å². The predicted molar refractivity (Wildman–Crippen MR) is 96.1 cm³/mol. The molecule has 3 rings (SSSR count). The predicted octanol–water partition coefficient (Wildman–Crippen LogP) is 2.77. The fourth-order valence-electron chi connectivity index (χ4n) is 2.39. The lowest BCUT2D eigenvalue weighted by Crippen LogP contribution is -2.41. The van der Waals surface area contributed by atoms with Crippen molar-refractivity contribution in [3.8, 4) is 11.1 Å². The van der Waals surface area contributed by atoms with Crippen molar-refractivity contribution in [2.24, 2.45) is 5.73 Å². The summed E-state index contributed by atoms with van der Waals surface area (Å²) >= 11 is 13.2. The number of carbonyl (C=O) groups is 1. The van der Waals surface area contributed by atoms with Gasteiger partial charge in [-0.15, -0.1) is 11.3 Å². The molecule has 1 amide bonds. The standard InChI is InChI=1S/C15H11Cl2N3O3S/c1-6(12(18)21)20-14(22)11-8(5-24-13(11)19-15(20)23)7-2-3-9(16)10(17)4-7/h2-6H,1H3,(H2,18,21)(H,19,23). The van der Waals surface area contributed by atoms with E-state index in [1.807, 2.05) is 0 Å². The van der Waals surface area contributed by atoms with Gasteiger partial charge < -0.3 is 5.73 Å². The number of nitrogens with two attached hydrogens (primary N) is 1. The fourth-order valence-corrected chi connectivity index (χ4v) is 3.64. The molecule has 0 aliphatic rings. The molecule has 124 valence electrons. The van der Waals surface area contributed by atoms with E-state index >= 15 is 0 Å². The minimum Gasteiger partial charge on any atom is -0.368 e. The number of benzene rings is 1. The van der Waals surface area contributed by atoms with Gasteiger partial charge in [-0.3, -0.25) is 14.6 Å². The molecule has 0 radical (unpaired) electrons. The van der Waals surface area contributed by atoms with Gasteiger partial charge in [0.1, 0.15) is 10.9 Å². The molecule has 2 heterocycles. The second-order valence-corrected chi connectivity index (χ2v) is 6.86. The van der Waals surface area contributed by atoms with Crippen LogP contribution in [0.1, 0.15) is 13.0 Å². The van der Waals surface area contributed by atoms with Crippen LogP contribution >= 0.6 is 34.5 Å². The Hall–Kier alpha value is -2.09. The van der Waals surface area contributed by atoms with Crippen LogP contribution in [0.2, 0.25) is 10.0 Å². The number of fused-ring (bicyclic) bond motifs is 1. The van der Waals surface area contributed by atoms with E-state index in [2.05, 4.69) is 4.98 Å². The molecule has 9 heteroatoms. The second-order valence-electron chi connectivity index (χ2n) is 5.17. The SMILES string of the molecule is CC(C(N)=O)n1c(=O)[nH]c2scc(-c3ccc(Cl)c(Cl)c3)c2c1=O. The third-order valence-electron chi connectivity index (χ3n) is 3.69. The number of thiophene rings is 1. The quantitative estimate of drug-likeness (QED) is 0.727. The number of hydrogen-bond donors (Lipinski definition) is 2. The average Bonchev–Trinajstić information content (AvgIpc) is 2.93. The minimum absolute atomic E-state index is 0.297. The van der Waals surface area contributed by atoms with E-state index < -0.39 is 23.2 Å². The zero-order valence-corrected chi connectivity index (χ0v) is 14.6. The van der Waals surface area contributed by atoms with Crippen LogP contribution in [-0.4, -0.2) is 15.5 Å². The van der Waals surface area contributed by atoms with Crippen molar-refractivity contribution in [3.63, 3.8) is 0 Å². The third-order valence-corrected chi connectivity index (χ3v) is 5.33. The number of aromatic amines is 1. The van der Waals surface area contributed by atoms with Crippen LogP contribution in [0.3, 0.4) is 0 Å². The summed E-state index contributed by atoms with van der Waals surface area (Å²) in [6.07, 6.45) is 0. The van der Waals surface area contributed by atoms with Crippen LogP contribution in [0.5, 0.6) is 0 Å². The van der Waals surface area contributed by atoms with Crippen LogP contribution in [0.4, 0.5) is 0 Å². The molecular formula is C15H11Cl2N3O3S. The van der Waals surface area contributed by atoms with E-state index in [4.69, 9.17) is 28.9 Å². The van der Waals surface area contributed by atoms with Gasteiger partial charge >= 0.3 is 5.69 Å². The fraction of sp³-hybridized carbons (Fsp3) is 0.133. The lowest BCUT2D eigenvalue weighted by molar-refractivity contribution is -0.120. The maximum Gasteiger partial charge on any atom is 0.330 e. The number of carbonyl (C=O) groups excluding carboxylic acids is 1. The minimum atomic E-state index is -1.06. The van der Waals surface area contributed by atoms with Gasteiger partial charge in [-0.25, -0.2) is 9.36 Å². The van der Waals surface area contributed by atoms with Crippen molar-refractivity contribution in [2.45, 2.75) is 13.0 Å². The number of halogens is 2. The molecule has 0 saturated heterocycles. The molecule has 0 bridgehead atoms. The number of aromatic nitrogens is 2. The normalized spacial score (nSPS) is 12.5. The summed E-state index contributed by atoms with van der Waals surface area (Å²) < 4.78 is 0.818. The summed E-state index contributed by atoms with van der Waals surface area (Å²) in [6, 6.07) is 3.92. The highest BCUT2D eigenvalue weighted by Gasteiger charge is 2.21. The smallest absolute Gasteiger partial charge is 0.330 e. The van der Waals surface area contributed by atoms with Crippen LogP contribution < -0.4 is 17.0 Å². The number of rotatable bonds is 3. The molecular weight excluding hydrogens is 373 g/mol. The first-order valence-electron chi connectivity index (χ1n) is 6.82. The number of primary amides is 1. The molecule has 1 aromatic carbocycles. The Labute approximate surface area is 149 Å². The number of nitrogens with one attached hydrogen (secondary N) is 1. The highest BCUT2D eigenvalue weighted by molar-refractivity contribution is 7.17. The van der Waals surface area contributed by atoms with E-state index in [0.29, 0.717) is 31.4 Å². The first-order valence-corrected chi connectivity index (χ1v) is 8.45. The maximum atomic E-state index is 12.8. The summed E-state index contributed by atoms with van der Waals surface area (Å²) in [7, 11) is 0. The molecule has 2 aromatic heterocycles. The van der Waals surface area contributed by atoms with E-state index in [1.54, 1.807) is 23.6 Å². The monoisotopic (exact) mass is 383 g/mol. The molecule has 1 unspecified atom stereocenters. The lowest BCUT2D eigenvalue weighted by atomic mass is 10.1. The highest BCUT2D eigenvalue weighted by atomic mass is 35.5. The summed E-state index contributed by atoms with van der Waals surface area (Å²) in [4.78, 5) is 39.3. The van der Waals surface area contributed by atoms with Crippen molar-refractivity contribution < 1.29 is 4.79 Å². The van der Waals surface area contributed by atoms with Crippen molar-refractivity contribution >= 4 is 50.7 Å². The summed E-state index contributed by atoms with van der Waals surface area (Å²) in [5, 5.41) is 2.78. The van der Waals surface area contributed by atoms with Gasteiger partial charge in [-0.1, -0.05) is 29.3 Å². The summed E-state index contributed by atoms with van der Waals surface area (Å²) in [5.74, 6) is -0.770. The van der Waals surface area contributed by atoms with Gasteiger partial charge in [0, 0.05) is 10.9 Å². The number of H-pyrrole nitrogens is 1. The van der Waals surface area contributed by atoms with Crippen molar-refractivity contribution in [3.05, 3.63) is 54.5 Å². The van der Waals surface area contributed by atoms with E-state index in [0.717, 1.165) is 4.57 Å². The van der Waals surface area contributed by atoms with Crippen LogP contribution in [0, 0.1) is 0 Å². The Morgan fingerprint density at radius 3 is 2.62 bits per heavy atom. The first-order chi connectivity index (χ1) is 11.3. The Bertz CT molecular complexity index is 1080. The summed E-state index contributed by atoms with van der Waals surface area (Å²) in [5.41, 5.74) is 5.25. The number of nitrogens with zero attached hydrogens (tertiary/aromatic N) is 1. The van der Waals surface area contributed by atoms with Gasteiger partial charge in [-0.05, 0) is 24.6 Å². The van der Waals surface area contributed by atoms with E-state index in [9.17, 15) is 14.4 Å². The number of hydrogen-bond acceptors (Lipinski definition) is 4. The summed E-state index contributed by atoms with van der Waals surface area (Å²) in [6.45, 7) is 1.40. The highest BCUT2D eigenvalue weighted by Crippen LogP contribution is 2.34. The Balaban J connectivity index is 2.34. The molecule has 1 atom stereocenters. The molecule has 0 fully saturated rings.